The summed E-state index contributed by atoms with van der Waals surface area (Å²) in [4.78, 5) is 27.9. The molecule has 1 heterocycles. The SMILES string of the molecule is CCOc1ccccc1NC(=O)COc1ccc(C=C2SC(=S)N(C3CCCCC3)C2=O)cc1OC. The Bertz CT molecular complexity index is 1160. The highest BCUT2D eigenvalue weighted by Crippen LogP contribution is 2.38. The molecule has 1 aliphatic carbocycles. The van der Waals surface area contributed by atoms with Gasteiger partial charge in [0.25, 0.3) is 11.8 Å². The summed E-state index contributed by atoms with van der Waals surface area (Å²) in [7, 11) is 1.53. The van der Waals surface area contributed by atoms with Crippen LogP contribution >= 0.6 is 24.0 Å². The van der Waals surface area contributed by atoms with Crippen molar-refractivity contribution in [3.63, 3.8) is 0 Å². The van der Waals surface area contributed by atoms with Gasteiger partial charge in [0.2, 0.25) is 0 Å². The van der Waals surface area contributed by atoms with Crippen LogP contribution < -0.4 is 19.5 Å². The third kappa shape index (κ3) is 6.20. The molecule has 0 radical (unpaired) electrons. The maximum absolute atomic E-state index is 13.1. The average molecular weight is 527 g/mol. The molecule has 0 aromatic heterocycles. The van der Waals surface area contributed by atoms with Crippen LogP contribution in [0.3, 0.4) is 0 Å². The first-order chi connectivity index (χ1) is 17.5. The van der Waals surface area contributed by atoms with Crippen molar-refractivity contribution in [2.45, 2.75) is 45.1 Å². The van der Waals surface area contributed by atoms with E-state index in [0.717, 1.165) is 31.2 Å². The van der Waals surface area contributed by atoms with Crippen molar-refractivity contribution in [2.75, 3.05) is 25.6 Å². The quantitative estimate of drug-likeness (QED) is 0.334. The Hall–Kier alpha value is -3.04. The lowest BCUT2D eigenvalue weighted by molar-refractivity contribution is -0.124. The molecule has 36 heavy (non-hydrogen) atoms. The maximum Gasteiger partial charge on any atom is 0.266 e. The molecular weight excluding hydrogens is 496 g/mol. The number of para-hydroxylation sites is 2. The molecule has 2 aromatic carbocycles. The smallest absolute Gasteiger partial charge is 0.266 e. The van der Waals surface area contributed by atoms with E-state index in [1.165, 1.54) is 25.3 Å². The second kappa shape index (κ2) is 12.3. The van der Waals surface area contributed by atoms with Crippen LogP contribution in [0.4, 0.5) is 5.69 Å². The minimum atomic E-state index is -0.320. The van der Waals surface area contributed by atoms with Crippen molar-refractivity contribution in [3.05, 3.63) is 52.9 Å². The summed E-state index contributed by atoms with van der Waals surface area (Å²) in [5, 5.41) is 2.81. The van der Waals surface area contributed by atoms with Gasteiger partial charge in [0.05, 0.1) is 24.3 Å². The summed E-state index contributed by atoms with van der Waals surface area (Å²) < 4.78 is 17.4. The summed E-state index contributed by atoms with van der Waals surface area (Å²) in [6.07, 6.45) is 7.32. The zero-order valence-corrected chi connectivity index (χ0v) is 22.1. The summed E-state index contributed by atoms with van der Waals surface area (Å²) in [6, 6.07) is 12.8. The number of carbonyl (C=O) groups is 2. The molecule has 0 bridgehead atoms. The highest BCUT2D eigenvalue weighted by atomic mass is 32.2. The third-order valence-electron chi connectivity index (χ3n) is 6.07. The van der Waals surface area contributed by atoms with Crippen molar-refractivity contribution in [1.29, 1.82) is 0 Å². The Balaban J connectivity index is 1.41. The number of hydrogen-bond donors (Lipinski definition) is 1. The number of nitrogens with zero attached hydrogens (tertiary/aromatic N) is 1. The first-order valence-corrected chi connectivity index (χ1v) is 13.3. The Kier molecular flexibility index (Phi) is 8.88. The molecule has 2 aliphatic rings. The molecule has 7 nitrogen and oxygen atoms in total. The lowest BCUT2D eigenvalue weighted by Gasteiger charge is -2.29. The number of carbonyl (C=O) groups excluding carboxylic acids is 2. The fourth-order valence-electron chi connectivity index (χ4n) is 4.36. The minimum absolute atomic E-state index is 0.0276. The predicted octanol–water partition coefficient (Wildman–Crippen LogP) is 5.65. The topological polar surface area (TPSA) is 77.1 Å². The number of thiocarbonyl (C=S) groups is 1. The maximum atomic E-state index is 13.1. The number of methoxy groups -OCH3 is 1. The van der Waals surface area contributed by atoms with Crippen molar-refractivity contribution in [2.24, 2.45) is 0 Å². The molecule has 1 saturated heterocycles. The second-order valence-electron chi connectivity index (χ2n) is 8.52. The molecule has 9 heteroatoms. The van der Waals surface area contributed by atoms with Gasteiger partial charge in [0, 0.05) is 6.04 Å². The Morgan fingerprint density at radius 2 is 1.89 bits per heavy atom. The average Bonchev–Trinajstić information content (AvgIpc) is 3.17. The lowest BCUT2D eigenvalue weighted by atomic mass is 9.94. The lowest BCUT2D eigenvalue weighted by Crippen LogP contribution is -2.39. The van der Waals surface area contributed by atoms with Gasteiger partial charge >= 0.3 is 0 Å². The van der Waals surface area contributed by atoms with Gasteiger partial charge in [-0.1, -0.05) is 61.4 Å². The van der Waals surface area contributed by atoms with Gasteiger partial charge in [0.1, 0.15) is 10.1 Å². The normalized spacial score (nSPS) is 17.4. The zero-order chi connectivity index (χ0) is 25.5. The molecule has 1 aliphatic heterocycles. The van der Waals surface area contributed by atoms with Crippen LogP contribution in [0, 0.1) is 0 Å². The van der Waals surface area contributed by atoms with Crippen molar-refractivity contribution in [1.82, 2.24) is 4.90 Å². The van der Waals surface area contributed by atoms with E-state index in [9.17, 15) is 9.59 Å². The number of hydrogen-bond acceptors (Lipinski definition) is 7. The summed E-state index contributed by atoms with van der Waals surface area (Å²) >= 11 is 6.87. The predicted molar refractivity (Wildman–Crippen MR) is 147 cm³/mol. The number of ether oxygens (including phenoxy) is 3. The van der Waals surface area contributed by atoms with Crippen LogP contribution in [-0.4, -0.2) is 47.4 Å². The van der Waals surface area contributed by atoms with E-state index in [2.05, 4.69) is 5.32 Å². The number of thioether (sulfide) groups is 1. The van der Waals surface area contributed by atoms with Crippen molar-refractivity contribution < 1.29 is 23.8 Å². The van der Waals surface area contributed by atoms with E-state index in [4.69, 9.17) is 26.4 Å². The van der Waals surface area contributed by atoms with E-state index in [0.29, 0.717) is 38.8 Å². The summed E-state index contributed by atoms with van der Waals surface area (Å²) in [6.45, 7) is 2.18. The van der Waals surface area contributed by atoms with E-state index >= 15 is 0 Å². The molecule has 0 atom stereocenters. The van der Waals surface area contributed by atoms with Crippen LogP contribution in [0.5, 0.6) is 17.2 Å². The number of nitrogens with one attached hydrogen (secondary N) is 1. The third-order valence-corrected chi connectivity index (χ3v) is 7.40. The van der Waals surface area contributed by atoms with Crippen molar-refractivity contribution >= 4 is 51.9 Å². The van der Waals surface area contributed by atoms with Gasteiger partial charge in [-0.2, -0.15) is 0 Å². The van der Waals surface area contributed by atoms with Crippen LogP contribution in [-0.2, 0) is 9.59 Å². The van der Waals surface area contributed by atoms with E-state index < -0.39 is 0 Å². The first-order valence-electron chi connectivity index (χ1n) is 12.1. The first kappa shape index (κ1) is 26.0. The van der Waals surface area contributed by atoms with E-state index in [1.807, 2.05) is 31.2 Å². The van der Waals surface area contributed by atoms with Crippen molar-refractivity contribution in [3.8, 4) is 17.2 Å². The highest BCUT2D eigenvalue weighted by Gasteiger charge is 2.37. The van der Waals surface area contributed by atoms with Gasteiger partial charge < -0.3 is 19.5 Å². The summed E-state index contributed by atoms with van der Waals surface area (Å²) in [5.74, 6) is 1.15. The van der Waals surface area contributed by atoms with Gasteiger partial charge in [0.15, 0.2) is 18.1 Å². The van der Waals surface area contributed by atoms with Crippen LogP contribution in [0.2, 0.25) is 0 Å². The minimum Gasteiger partial charge on any atom is -0.493 e. The Morgan fingerprint density at radius 3 is 2.64 bits per heavy atom. The fourth-order valence-corrected chi connectivity index (χ4v) is 5.76. The Morgan fingerprint density at radius 1 is 1.11 bits per heavy atom. The van der Waals surface area contributed by atoms with Crippen LogP contribution in [0.1, 0.15) is 44.6 Å². The fraction of sp³-hybridized carbons (Fsp3) is 0.370. The molecule has 2 amide bonds. The van der Waals surface area contributed by atoms with Crippen LogP contribution in [0.15, 0.2) is 47.4 Å². The number of rotatable bonds is 9. The van der Waals surface area contributed by atoms with Gasteiger partial charge in [-0.25, -0.2) is 0 Å². The van der Waals surface area contributed by atoms with Gasteiger partial charge in [-0.05, 0) is 55.7 Å². The standard InChI is InChI=1S/C27H30N2O5S2/c1-3-33-21-12-8-7-11-20(21)28-25(30)17-34-22-14-13-18(15-23(22)32-2)16-24-26(31)29(27(35)36-24)19-9-5-4-6-10-19/h7-8,11-16,19H,3-6,9-10,17H2,1-2H3,(H,28,30). The van der Waals surface area contributed by atoms with E-state index in [1.54, 1.807) is 29.2 Å². The number of anilines is 1. The Labute approximate surface area is 221 Å². The van der Waals surface area contributed by atoms with Gasteiger partial charge in [-0.3, -0.25) is 14.5 Å². The number of amides is 2. The molecule has 2 aromatic rings. The largest absolute Gasteiger partial charge is 0.493 e. The molecule has 190 valence electrons. The van der Waals surface area contributed by atoms with Gasteiger partial charge in [-0.15, -0.1) is 0 Å². The monoisotopic (exact) mass is 526 g/mol. The van der Waals surface area contributed by atoms with E-state index in [-0.39, 0.29) is 24.5 Å². The molecule has 4 rings (SSSR count). The molecule has 2 fully saturated rings. The molecule has 1 N–H and O–H groups in total. The molecule has 1 saturated carbocycles. The highest BCUT2D eigenvalue weighted by molar-refractivity contribution is 8.26. The molecule has 0 spiro atoms. The zero-order valence-electron chi connectivity index (χ0n) is 20.5. The summed E-state index contributed by atoms with van der Waals surface area (Å²) in [5.41, 5.74) is 1.37. The number of benzene rings is 2. The second-order valence-corrected chi connectivity index (χ2v) is 10.2. The molecular formula is C27H30N2O5S2. The van der Waals surface area contributed by atoms with Crippen LogP contribution in [0.25, 0.3) is 6.08 Å². The molecule has 0 unspecified atom stereocenters.